The van der Waals surface area contributed by atoms with Crippen LogP contribution in [0.2, 0.25) is 0 Å². The number of nitrogens with one attached hydrogen (secondary N) is 1. The number of hydrogen-bond acceptors (Lipinski definition) is 3. The molecule has 1 N–H and O–H groups in total. The van der Waals surface area contributed by atoms with Crippen molar-refractivity contribution >= 4 is 11.8 Å². The van der Waals surface area contributed by atoms with E-state index in [0.29, 0.717) is 11.6 Å². The quantitative estimate of drug-likeness (QED) is 0.791. The first-order valence-electron chi connectivity index (χ1n) is 7.12. The fourth-order valence-electron chi connectivity index (χ4n) is 2.23. The Morgan fingerprint density at radius 3 is 2.65 bits per heavy atom. The summed E-state index contributed by atoms with van der Waals surface area (Å²) >= 11 is 1.87. The first-order chi connectivity index (χ1) is 9.49. The molecule has 0 fully saturated rings. The van der Waals surface area contributed by atoms with Gasteiger partial charge in [-0.05, 0) is 64.4 Å². The van der Waals surface area contributed by atoms with Gasteiger partial charge < -0.3 is 10.2 Å². The maximum Gasteiger partial charge on any atom is 0.126 e. The van der Waals surface area contributed by atoms with E-state index in [1.54, 1.807) is 13.0 Å². The molecule has 2 nitrogen and oxygen atoms in total. The minimum Gasteiger partial charge on any atom is -0.313 e. The third-order valence-corrected chi connectivity index (χ3v) is 4.69. The van der Waals surface area contributed by atoms with Crippen molar-refractivity contribution in [2.45, 2.75) is 32.4 Å². The molecule has 0 bridgehead atoms. The average molecular weight is 298 g/mol. The average Bonchev–Trinajstić information content (AvgIpc) is 2.43. The SMILES string of the molecule is CNC(CCN(C)C(C)CSC)c1ccc(C)c(F)c1. The highest BCUT2D eigenvalue weighted by Crippen LogP contribution is 2.20. The Kier molecular flexibility index (Phi) is 7.56. The molecule has 0 saturated carbocycles. The molecular formula is C16H27FN2S. The molecule has 2 atom stereocenters. The maximum atomic E-state index is 13.7. The molecule has 0 aromatic heterocycles. The first-order valence-corrected chi connectivity index (χ1v) is 8.51. The third kappa shape index (κ3) is 5.08. The molecule has 4 heteroatoms. The normalized spacial score (nSPS) is 14.6. The maximum absolute atomic E-state index is 13.7. The third-order valence-electron chi connectivity index (χ3n) is 3.88. The zero-order valence-electron chi connectivity index (χ0n) is 13.2. The van der Waals surface area contributed by atoms with Crippen LogP contribution in [0.1, 0.15) is 30.5 Å². The number of hydrogen-bond donors (Lipinski definition) is 1. The molecule has 1 aromatic rings. The lowest BCUT2D eigenvalue weighted by Crippen LogP contribution is -2.33. The molecule has 1 rings (SSSR count). The minimum atomic E-state index is -0.119. The molecule has 0 radical (unpaired) electrons. The predicted octanol–water partition coefficient (Wildman–Crippen LogP) is 3.47. The summed E-state index contributed by atoms with van der Waals surface area (Å²) in [5.41, 5.74) is 1.73. The van der Waals surface area contributed by atoms with E-state index in [1.807, 2.05) is 30.9 Å². The lowest BCUT2D eigenvalue weighted by atomic mass is 10.0. The zero-order valence-corrected chi connectivity index (χ0v) is 14.1. The van der Waals surface area contributed by atoms with Gasteiger partial charge in [-0.1, -0.05) is 12.1 Å². The first kappa shape index (κ1) is 17.5. The van der Waals surface area contributed by atoms with E-state index in [-0.39, 0.29) is 11.9 Å². The molecule has 0 aliphatic heterocycles. The van der Waals surface area contributed by atoms with Crippen molar-refractivity contribution in [2.75, 3.05) is 32.6 Å². The Morgan fingerprint density at radius 2 is 2.10 bits per heavy atom. The van der Waals surface area contributed by atoms with Crippen LogP contribution in [0.25, 0.3) is 0 Å². The molecule has 0 aliphatic rings. The summed E-state index contributed by atoms with van der Waals surface area (Å²) in [7, 11) is 4.09. The topological polar surface area (TPSA) is 15.3 Å². The second-order valence-electron chi connectivity index (χ2n) is 5.42. The number of thioether (sulfide) groups is 1. The summed E-state index contributed by atoms with van der Waals surface area (Å²) < 4.78 is 13.7. The molecule has 114 valence electrons. The Bertz CT molecular complexity index is 411. The fraction of sp³-hybridized carbons (Fsp3) is 0.625. The number of rotatable bonds is 8. The molecule has 2 unspecified atom stereocenters. The molecule has 0 spiro atoms. The van der Waals surface area contributed by atoms with Gasteiger partial charge in [0.05, 0.1) is 0 Å². The van der Waals surface area contributed by atoms with Crippen LogP contribution in [0.4, 0.5) is 4.39 Å². The highest BCUT2D eigenvalue weighted by atomic mass is 32.2. The van der Waals surface area contributed by atoms with E-state index in [1.165, 1.54) is 0 Å². The van der Waals surface area contributed by atoms with Gasteiger partial charge in [0.2, 0.25) is 0 Å². The van der Waals surface area contributed by atoms with E-state index in [2.05, 4.69) is 30.4 Å². The summed E-state index contributed by atoms with van der Waals surface area (Å²) in [6.45, 7) is 5.05. The van der Waals surface area contributed by atoms with Crippen LogP contribution in [-0.4, -0.2) is 43.6 Å². The number of halogens is 1. The van der Waals surface area contributed by atoms with Gasteiger partial charge in [0, 0.05) is 17.8 Å². The van der Waals surface area contributed by atoms with Crippen molar-refractivity contribution in [1.29, 1.82) is 0 Å². The van der Waals surface area contributed by atoms with Crippen LogP contribution < -0.4 is 5.32 Å². The van der Waals surface area contributed by atoms with E-state index in [9.17, 15) is 4.39 Å². The van der Waals surface area contributed by atoms with Crippen molar-refractivity contribution in [2.24, 2.45) is 0 Å². The van der Waals surface area contributed by atoms with E-state index >= 15 is 0 Å². The summed E-state index contributed by atoms with van der Waals surface area (Å²) in [6.07, 6.45) is 3.12. The summed E-state index contributed by atoms with van der Waals surface area (Å²) in [5.74, 6) is 1.02. The molecule has 0 aliphatic carbocycles. The van der Waals surface area contributed by atoms with Crippen LogP contribution in [0.3, 0.4) is 0 Å². The van der Waals surface area contributed by atoms with Gasteiger partial charge in [0.25, 0.3) is 0 Å². The molecule has 0 amide bonds. The molecule has 1 aromatic carbocycles. The standard InChI is InChI=1S/C16H27FN2S/c1-12-6-7-14(10-15(12)17)16(18-3)8-9-19(4)13(2)11-20-5/h6-7,10,13,16,18H,8-9,11H2,1-5H3. The van der Waals surface area contributed by atoms with Gasteiger partial charge in [-0.3, -0.25) is 0 Å². The molecule has 20 heavy (non-hydrogen) atoms. The van der Waals surface area contributed by atoms with Crippen molar-refractivity contribution in [3.63, 3.8) is 0 Å². The summed E-state index contributed by atoms with van der Waals surface area (Å²) in [4.78, 5) is 2.37. The second kappa shape index (κ2) is 8.65. The largest absolute Gasteiger partial charge is 0.313 e. The van der Waals surface area contributed by atoms with Gasteiger partial charge in [0.1, 0.15) is 5.82 Å². The fourth-order valence-corrected chi connectivity index (χ4v) is 2.96. The van der Waals surface area contributed by atoms with Crippen LogP contribution in [0.5, 0.6) is 0 Å². The summed E-state index contributed by atoms with van der Waals surface area (Å²) in [6, 6.07) is 6.30. The van der Waals surface area contributed by atoms with Gasteiger partial charge in [-0.15, -0.1) is 0 Å². The van der Waals surface area contributed by atoms with Crippen LogP contribution in [0, 0.1) is 12.7 Å². The monoisotopic (exact) mass is 298 g/mol. The van der Waals surface area contributed by atoms with Gasteiger partial charge in [-0.2, -0.15) is 11.8 Å². The van der Waals surface area contributed by atoms with Gasteiger partial charge >= 0.3 is 0 Å². The minimum absolute atomic E-state index is 0.119. The number of nitrogens with zero attached hydrogens (tertiary/aromatic N) is 1. The van der Waals surface area contributed by atoms with Gasteiger partial charge in [0.15, 0.2) is 0 Å². The van der Waals surface area contributed by atoms with Crippen molar-refractivity contribution in [1.82, 2.24) is 10.2 Å². The van der Waals surface area contributed by atoms with E-state index < -0.39 is 0 Å². The van der Waals surface area contributed by atoms with Gasteiger partial charge in [-0.25, -0.2) is 4.39 Å². The second-order valence-corrected chi connectivity index (χ2v) is 6.33. The van der Waals surface area contributed by atoms with Crippen LogP contribution >= 0.6 is 11.8 Å². The van der Waals surface area contributed by atoms with Crippen LogP contribution in [0.15, 0.2) is 18.2 Å². The lowest BCUT2D eigenvalue weighted by molar-refractivity contribution is 0.262. The Labute approximate surface area is 127 Å². The van der Waals surface area contributed by atoms with Crippen molar-refractivity contribution in [3.8, 4) is 0 Å². The van der Waals surface area contributed by atoms with E-state index in [0.717, 1.165) is 24.3 Å². The summed E-state index contributed by atoms with van der Waals surface area (Å²) in [5, 5.41) is 3.29. The molecular weight excluding hydrogens is 271 g/mol. The van der Waals surface area contributed by atoms with E-state index in [4.69, 9.17) is 0 Å². The molecule has 0 saturated heterocycles. The Balaban J connectivity index is 2.61. The number of aryl methyl sites for hydroxylation is 1. The van der Waals surface area contributed by atoms with Crippen molar-refractivity contribution < 1.29 is 4.39 Å². The lowest BCUT2D eigenvalue weighted by Gasteiger charge is -2.26. The Hall–Kier alpha value is -0.580. The van der Waals surface area contributed by atoms with Crippen LogP contribution in [-0.2, 0) is 0 Å². The zero-order chi connectivity index (χ0) is 15.1. The van der Waals surface area contributed by atoms with Crippen molar-refractivity contribution in [3.05, 3.63) is 35.1 Å². The molecule has 0 heterocycles. The highest BCUT2D eigenvalue weighted by molar-refractivity contribution is 7.98. The Morgan fingerprint density at radius 1 is 1.40 bits per heavy atom. The number of benzene rings is 1. The predicted molar refractivity (Wildman–Crippen MR) is 88.0 cm³/mol. The highest BCUT2D eigenvalue weighted by Gasteiger charge is 2.14. The smallest absolute Gasteiger partial charge is 0.126 e.